The molecule has 2 amide bonds. The molecular formula is C10H18N2O3S. The van der Waals surface area contributed by atoms with E-state index in [0.717, 1.165) is 0 Å². The standard InChI is InChI=1S/C10H18N2O3S/c1-3-10(2,15)6-11-8(13)4-12-7-16-5-9(12)14/h15H,3-7H2,1-2H3,(H,11,13). The van der Waals surface area contributed by atoms with Gasteiger partial charge in [0.2, 0.25) is 11.8 Å². The molecule has 0 spiro atoms. The quantitative estimate of drug-likeness (QED) is 0.704. The summed E-state index contributed by atoms with van der Waals surface area (Å²) in [6.45, 7) is 3.83. The van der Waals surface area contributed by atoms with Crippen molar-refractivity contribution in [2.75, 3.05) is 24.7 Å². The third kappa shape index (κ3) is 4.02. The highest BCUT2D eigenvalue weighted by Crippen LogP contribution is 2.14. The SMILES string of the molecule is CCC(C)(O)CNC(=O)CN1CSCC1=O. The van der Waals surface area contributed by atoms with Gasteiger partial charge in [0.1, 0.15) is 6.54 Å². The topological polar surface area (TPSA) is 69.6 Å². The maximum atomic E-state index is 11.5. The van der Waals surface area contributed by atoms with Crippen LogP contribution < -0.4 is 5.32 Å². The Hall–Kier alpha value is -0.750. The van der Waals surface area contributed by atoms with Crippen molar-refractivity contribution in [3.63, 3.8) is 0 Å². The van der Waals surface area contributed by atoms with Crippen LogP contribution in [0.25, 0.3) is 0 Å². The highest BCUT2D eigenvalue weighted by Gasteiger charge is 2.24. The second-order valence-electron chi connectivity index (χ2n) is 4.20. The van der Waals surface area contributed by atoms with Crippen LogP contribution in [0.3, 0.4) is 0 Å². The number of hydrogen-bond acceptors (Lipinski definition) is 4. The summed E-state index contributed by atoms with van der Waals surface area (Å²) in [7, 11) is 0. The van der Waals surface area contributed by atoms with Gasteiger partial charge in [0.05, 0.1) is 17.2 Å². The van der Waals surface area contributed by atoms with Crippen LogP contribution in [0.15, 0.2) is 0 Å². The van der Waals surface area contributed by atoms with Crippen LogP contribution in [0, 0.1) is 0 Å². The lowest BCUT2D eigenvalue weighted by atomic mass is 10.0. The molecule has 6 heteroatoms. The fourth-order valence-corrected chi connectivity index (χ4v) is 2.09. The molecule has 0 aliphatic carbocycles. The molecule has 16 heavy (non-hydrogen) atoms. The molecule has 0 aromatic heterocycles. The van der Waals surface area contributed by atoms with Crippen LogP contribution in [0.5, 0.6) is 0 Å². The molecule has 0 saturated carbocycles. The Balaban J connectivity index is 2.28. The van der Waals surface area contributed by atoms with E-state index in [1.165, 1.54) is 16.7 Å². The third-order valence-corrected chi connectivity index (χ3v) is 3.53. The van der Waals surface area contributed by atoms with Crippen molar-refractivity contribution >= 4 is 23.6 Å². The molecule has 0 aromatic rings. The molecule has 92 valence electrons. The molecule has 1 saturated heterocycles. The summed E-state index contributed by atoms with van der Waals surface area (Å²) in [5.74, 6) is 0.822. The van der Waals surface area contributed by atoms with Crippen molar-refractivity contribution in [2.45, 2.75) is 25.9 Å². The molecule has 0 aromatic carbocycles. The van der Waals surface area contributed by atoms with E-state index in [2.05, 4.69) is 5.32 Å². The van der Waals surface area contributed by atoms with Crippen LogP contribution in [-0.4, -0.2) is 52.1 Å². The zero-order valence-electron chi connectivity index (χ0n) is 9.65. The number of carbonyl (C=O) groups is 2. The smallest absolute Gasteiger partial charge is 0.239 e. The molecule has 1 rings (SSSR count). The van der Waals surface area contributed by atoms with E-state index < -0.39 is 5.60 Å². The molecule has 1 unspecified atom stereocenters. The molecule has 0 radical (unpaired) electrons. The highest BCUT2D eigenvalue weighted by molar-refractivity contribution is 8.00. The minimum absolute atomic E-state index is 0.00222. The largest absolute Gasteiger partial charge is 0.388 e. The summed E-state index contributed by atoms with van der Waals surface area (Å²) in [6.07, 6.45) is 0.575. The van der Waals surface area contributed by atoms with Crippen molar-refractivity contribution in [3.8, 4) is 0 Å². The summed E-state index contributed by atoms with van der Waals surface area (Å²) in [6, 6.07) is 0. The number of rotatable bonds is 5. The highest BCUT2D eigenvalue weighted by atomic mass is 32.2. The van der Waals surface area contributed by atoms with Gasteiger partial charge in [-0.3, -0.25) is 9.59 Å². The van der Waals surface area contributed by atoms with Crippen LogP contribution in [0.4, 0.5) is 0 Å². The minimum atomic E-state index is -0.876. The molecule has 1 fully saturated rings. The Bertz CT molecular complexity index is 281. The van der Waals surface area contributed by atoms with E-state index in [0.29, 0.717) is 18.1 Å². The van der Waals surface area contributed by atoms with Crippen molar-refractivity contribution in [1.29, 1.82) is 0 Å². The summed E-state index contributed by atoms with van der Waals surface area (Å²) in [4.78, 5) is 24.2. The maximum absolute atomic E-state index is 11.5. The Morgan fingerprint density at radius 3 is 2.88 bits per heavy atom. The first-order valence-electron chi connectivity index (χ1n) is 5.29. The van der Waals surface area contributed by atoms with Crippen LogP contribution >= 0.6 is 11.8 Å². The number of nitrogens with zero attached hydrogens (tertiary/aromatic N) is 1. The lowest BCUT2D eigenvalue weighted by Gasteiger charge is -2.22. The number of carbonyl (C=O) groups excluding carboxylic acids is 2. The van der Waals surface area contributed by atoms with Crippen LogP contribution in [-0.2, 0) is 9.59 Å². The Labute approximate surface area is 99.6 Å². The molecule has 1 heterocycles. The number of thioether (sulfide) groups is 1. The van der Waals surface area contributed by atoms with Gasteiger partial charge in [-0.2, -0.15) is 0 Å². The fraction of sp³-hybridized carbons (Fsp3) is 0.800. The first-order valence-corrected chi connectivity index (χ1v) is 6.44. The average Bonchev–Trinajstić information content (AvgIpc) is 2.62. The zero-order chi connectivity index (χ0) is 12.2. The van der Waals surface area contributed by atoms with E-state index in [9.17, 15) is 14.7 Å². The Morgan fingerprint density at radius 2 is 2.38 bits per heavy atom. The molecule has 1 aliphatic heterocycles. The number of amides is 2. The number of hydrogen-bond donors (Lipinski definition) is 2. The summed E-state index contributed by atoms with van der Waals surface area (Å²) < 4.78 is 0. The third-order valence-electron chi connectivity index (χ3n) is 2.59. The molecule has 1 aliphatic rings. The second-order valence-corrected chi connectivity index (χ2v) is 5.15. The number of nitrogens with one attached hydrogen (secondary N) is 1. The van der Waals surface area contributed by atoms with Crippen molar-refractivity contribution in [2.24, 2.45) is 0 Å². The first-order chi connectivity index (χ1) is 7.44. The van der Waals surface area contributed by atoms with E-state index >= 15 is 0 Å². The lowest BCUT2D eigenvalue weighted by Crippen LogP contribution is -2.44. The molecule has 0 bridgehead atoms. The monoisotopic (exact) mass is 246 g/mol. The lowest BCUT2D eigenvalue weighted by molar-refractivity contribution is -0.132. The number of aliphatic hydroxyl groups is 1. The fourth-order valence-electron chi connectivity index (χ4n) is 1.18. The summed E-state index contributed by atoms with van der Waals surface area (Å²) in [5.41, 5.74) is -0.876. The van der Waals surface area contributed by atoms with Gasteiger partial charge in [0.25, 0.3) is 0 Å². The maximum Gasteiger partial charge on any atom is 0.239 e. The molecule has 2 N–H and O–H groups in total. The predicted molar refractivity (Wildman–Crippen MR) is 63.0 cm³/mol. The Morgan fingerprint density at radius 1 is 1.69 bits per heavy atom. The van der Waals surface area contributed by atoms with Gasteiger partial charge >= 0.3 is 0 Å². The van der Waals surface area contributed by atoms with Gasteiger partial charge < -0.3 is 15.3 Å². The van der Waals surface area contributed by atoms with Crippen molar-refractivity contribution in [1.82, 2.24) is 10.2 Å². The van der Waals surface area contributed by atoms with Crippen LogP contribution in [0.1, 0.15) is 20.3 Å². The van der Waals surface area contributed by atoms with E-state index in [-0.39, 0.29) is 24.9 Å². The summed E-state index contributed by atoms with van der Waals surface area (Å²) in [5, 5.41) is 12.3. The van der Waals surface area contributed by atoms with Gasteiger partial charge in [0, 0.05) is 6.54 Å². The minimum Gasteiger partial charge on any atom is -0.388 e. The normalized spacial score (nSPS) is 19.7. The zero-order valence-corrected chi connectivity index (χ0v) is 10.5. The van der Waals surface area contributed by atoms with E-state index in [1.54, 1.807) is 6.92 Å². The summed E-state index contributed by atoms with van der Waals surface area (Å²) >= 11 is 1.51. The van der Waals surface area contributed by atoms with Gasteiger partial charge in [-0.25, -0.2) is 0 Å². The predicted octanol–water partition coefficient (Wildman–Crippen LogP) is -0.203. The average molecular weight is 246 g/mol. The van der Waals surface area contributed by atoms with Crippen molar-refractivity contribution < 1.29 is 14.7 Å². The van der Waals surface area contributed by atoms with Gasteiger partial charge in [-0.1, -0.05) is 6.92 Å². The molecule has 5 nitrogen and oxygen atoms in total. The van der Waals surface area contributed by atoms with Gasteiger partial charge in [0.15, 0.2) is 0 Å². The van der Waals surface area contributed by atoms with Gasteiger partial charge in [-0.05, 0) is 13.3 Å². The van der Waals surface area contributed by atoms with Gasteiger partial charge in [-0.15, -0.1) is 11.8 Å². The second kappa shape index (κ2) is 5.54. The van der Waals surface area contributed by atoms with Crippen LogP contribution in [0.2, 0.25) is 0 Å². The van der Waals surface area contributed by atoms with E-state index in [1.807, 2.05) is 6.92 Å². The van der Waals surface area contributed by atoms with E-state index in [4.69, 9.17) is 0 Å². The molecular weight excluding hydrogens is 228 g/mol. The molecule has 1 atom stereocenters. The van der Waals surface area contributed by atoms with Crippen molar-refractivity contribution in [3.05, 3.63) is 0 Å². The first kappa shape index (κ1) is 13.3. The Kier molecular flexibility index (Phi) is 4.61.